The zero-order chi connectivity index (χ0) is 15.5. The van der Waals surface area contributed by atoms with Gasteiger partial charge in [-0.2, -0.15) is 0 Å². The van der Waals surface area contributed by atoms with E-state index in [1.54, 1.807) is 11.8 Å². The van der Waals surface area contributed by atoms with Gasteiger partial charge in [0.15, 0.2) is 5.84 Å². The summed E-state index contributed by atoms with van der Waals surface area (Å²) in [5.41, 5.74) is 7.06. The average Bonchev–Trinajstić information content (AvgIpc) is 2.47. The summed E-state index contributed by atoms with van der Waals surface area (Å²) >= 11 is 1.68. The maximum absolute atomic E-state index is 10.1. The van der Waals surface area contributed by atoms with Crippen molar-refractivity contribution < 1.29 is 10.3 Å². The second kappa shape index (κ2) is 6.58. The first-order chi connectivity index (χ1) is 9.98. The average molecular weight is 309 g/mol. The van der Waals surface area contributed by atoms with Gasteiger partial charge in [-0.3, -0.25) is 0 Å². The Morgan fingerprint density at radius 3 is 2.67 bits per heavy atom. The number of nitrogens with two attached hydrogens (primary N) is 1. The highest BCUT2D eigenvalue weighted by Crippen LogP contribution is 2.33. The van der Waals surface area contributed by atoms with Crippen LogP contribution in [0, 0.1) is 0 Å². The number of aliphatic hydroxyl groups is 1. The van der Waals surface area contributed by atoms with Crippen molar-refractivity contribution in [3.05, 3.63) is 23.8 Å². The third-order valence-electron chi connectivity index (χ3n) is 3.85. The fourth-order valence-electron chi connectivity index (χ4n) is 2.60. The highest BCUT2D eigenvalue weighted by atomic mass is 32.2. The van der Waals surface area contributed by atoms with Crippen LogP contribution in [0.2, 0.25) is 0 Å². The fourth-order valence-corrected chi connectivity index (χ4v) is 3.43. The number of thioether (sulfide) groups is 1. The van der Waals surface area contributed by atoms with Crippen LogP contribution in [-0.4, -0.2) is 40.6 Å². The molecule has 1 aromatic rings. The number of hydrogen-bond acceptors (Lipinski definition) is 5. The highest BCUT2D eigenvalue weighted by molar-refractivity contribution is 7.99. The molecule has 0 aromatic heterocycles. The molecular weight excluding hydrogens is 286 g/mol. The quantitative estimate of drug-likeness (QED) is 0.261. The molecule has 21 heavy (non-hydrogen) atoms. The number of oxime groups is 1. The summed E-state index contributed by atoms with van der Waals surface area (Å²) < 4.78 is 0. The second-order valence-corrected chi connectivity index (χ2v) is 6.86. The summed E-state index contributed by atoms with van der Waals surface area (Å²) in [5, 5.41) is 22.4. The van der Waals surface area contributed by atoms with Gasteiger partial charge in [-0.1, -0.05) is 18.1 Å². The van der Waals surface area contributed by atoms with E-state index in [4.69, 9.17) is 10.9 Å². The Kier molecular flexibility index (Phi) is 5.00. The van der Waals surface area contributed by atoms with E-state index in [1.807, 2.05) is 25.1 Å². The lowest BCUT2D eigenvalue weighted by atomic mass is 9.93. The number of hydrogen-bond donors (Lipinski definition) is 3. The number of amidine groups is 1. The SMILES string of the molecule is CCSc1cccc(N2CCC(C)(O)CC2)c1/C(N)=N/O. The highest BCUT2D eigenvalue weighted by Gasteiger charge is 2.29. The Balaban J connectivity index is 2.37. The van der Waals surface area contributed by atoms with E-state index in [2.05, 4.69) is 17.0 Å². The van der Waals surface area contributed by atoms with Crippen molar-refractivity contribution >= 4 is 23.3 Å². The number of nitrogens with zero attached hydrogens (tertiary/aromatic N) is 2. The van der Waals surface area contributed by atoms with Gasteiger partial charge in [0, 0.05) is 23.7 Å². The van der Waals surface area contributed by atoms with E-state index >= 15 is 0 Å². The Labute approximate surface area is 129 Å². The van der Waals surface area contributed by atoms with Crippen molar-refractivity contribution in [2.75, 3.05) is 23.7 Å². The van der Waals surface area contributed by atoms with Crippen LogP contribution in [0.1, 0.15) is 32.3 Å². The van der Waals surface area contributed by atoms with Crippen LogP contribution in [-0.2, 0) is 0 Å². The van der Waals surface area contributed by atoms with Crippen molar-refractivity contribution in [2.24, 2.45) is 10.9 Å². The monoisotopic (exact) mass is 309 g/mol. The molecule has 0 atom stereocenters. The molecule has 1 fully saturated rings. The minimum absolute atomic E-state index is 0.138. The second-order valence-electron chi connectivity index (χ2n) is 5.55. The first-order valence-electron chi connectivity index (χ1n) is 7.19. The molecule has 0 radical (unpaired) electrons. The predicted molar refractivity (Wildman–Crippen MR) is 87.4 cm³/mol. The molecule has 0 amide bonds. The zero-order valence-corrected chi connectivity index (χ0v) is 13.4. The lowest BCUT2D eigenvalue weighted by Crippen LogP contribution is -2.43. The number of benzene rings is 1. The number of piperidine rings is 1. The normalized spacial score (nSPS) is 18.8. The number of rotatable bonds is 4. The van der Waals surface area contributed by atoms with Crippen molar-refractivity contribution in [3.63, 3.8) is 0 Å². The van der Waals surface area contributed by atoms with Crippen LogP contribution in [0.3, 0.4) is 0 Å². The van der Waals surface area contributed by atoms with Gasteiger partial charge in [-0.25, -0.2) is 0 Å². The first kappa shape index (κ1) is 16.0. The summed E-state index contributed by atoms with van der Waals surface area (Å²) in [6.07, 6.45) is 1.43. The molecule has 6 heteroatoms. The molecule has 0 bridgehead atoms. The summed E-state index contributed by atoms with van der Waals surface area (Å²) in [6, 6.07) is 5.98. The van der Waals surface area contributed by atoms with E-state index < -0.39 is 5.60 Å². The van der Waals surface area contributed by atoms with Gasteiger partial charge in [0.05, 0.1) is 11.2 Å². The van der Waals surface area contributed by atoms with Gasteiger partial charge in [0.2, 0.25) is 0 Å². The molecule has 0 aliphatic carbocycles. The van der Waals surface area contributed by atoms with Crippen LogP contribution in [0.4, 0.5) is 5.69 Å². The molecule has 0 spiro atoms. The largest absolute Gasteiger partial charge is 0.409 e. The Hall–Kier alpha value is -1.40. The molecule has 1 aromatic carbocycles. The predicted octanol–water partition coefficient (Wildman–Crippen LogP) is 2.24. The third-order valence-corrected chi connectivity index (χ3v) is 4.79. The van der Waals surface area contributed by atoms with Gasteiger partial charge >= 0.3 is 0 Å². The Bertz CT molecular complexity index is 522. The first-order valence-corrected chi connectivity index (χ1v) is 8.18. The maximum Gasteiger partial charge on any atom is 0.173 e. The molecular formula is C15H23N3O2S. The third kappa shape index (κ3) is 3.63. The van der Waals surface area contributed by atoms with Gasteiger partial charge in [-0.05, 0) is 37.7 Å². The van der Waals surface area contributed by atoms with Crippen molar-refractivity contribution in [1.29, 1.82) is 0 Å². The van der Waals surface area contributed by atoms with Gasteiger partial charge < -0.3 is 20.9 Å². The Morgan fingerprint density at radius 1 is 1.43 bits per heavy atom. The summed E-state index contributed by atoms with van der Waals surface area (Å²) in [7, 11) is 0. The molecule has 5 nitrogen and oxygen atoms in total. The standard InChI is InChI=1S/C15H23N3O2S/c1-3-21-12-6-4-5-11(13(12)14(16)17-20)18-9-7-15(2,19)8-10-18/h4-6,19-20H,3,7-10H2,1-2H3,(H2,16,17). The van der Waals surface area contributed by atoms with Gasteiger partial charge in [0.1, 0.15) is 0 Å². The van der Waals surface area contributed by atoms with Crippen LogP contribution < -0.4 is 10.6 Å². The van der Waals surface area contributed by atoms with Crippen LogP contribution in [0.5, 0.6) is 0 Å². The molecule has 116 valence electrons. The minimum Gasteiger partial charge on any atom is -0.409 e. The molecule has 1 saturated heterocycles. The molecule has 0 saturated carbocycles. The molecule has 4 N–H and O–H groups in total. The molecule has 1 aliphatic heterocycles. The topological polar surface area (TPSA) is 82.1 Å². The molecule has 1 aliphatic rings. The summed E-state index contributed by atoms with van der Waals surface area (Å²) in [4.78, 5) is 3.22. The van der Waals surface area contributed by atoms with Crippen molar-refractivity contribution in [3.8, 4) is 0 Å². The van der Waals surface area contributed by atoms with Crippen LogP contribution >= 0.6 is 11.8 Å². The minimum atomic E-state index is -0.594. The van der Waals surface area contributed by atoms with Gasteiger partial charge in [-0.15, -0.1) is 11.8 Å². The molecule has 1 heterocycles. The van der Waals surface area contributed by atoms with E-state index in [0.717, 1.165) is 35.0 Å². The number of anilines is 1. The maximum atomic E-state index is 10.1. The van der Waals surface area contributed by atoms with Gasteiger partial charge in [0.25, 0.3) is 0 Å². The lowest BCUT2D eigenvalue weighted by Gasteiger charge is -2.38. The molecule has 2 rings (SSSR count). The van der Waals surface area contributed by atoms with Crippen LogP contribution in [0.15, 0.2) is 28.3 Å². The van der Waals surface area contributed by atoms with E-state index in [9.17, 15) is 5.11 Å². The fraction of sp³-hybridized carbons (Fsp3) is 0.533. The van der Waals surface area contributed by atoms with E-state index in [1.165, 1.54) is 0 Å². The summed E-state index contributed by atoms with van der Waals surface area (Å²) in [5.74, 6) is 1.06. The van der Waals surface area contributed by atoms with E-state index in [0.29, 0.717) is 12.8 Å². The van der Waals surface area contributed by atoms with Crippen LogP contribution in [0.25, 0.3) is 0 Å². The van der Waals surface area contributed by atoms with E-state index in [-0.39, 0.29) is 5.84 Å². The lowest BCUT2D eigenvalue weighted by molar-refractivity contribution is 0.0351. The van der Waals surface area contributed by atoms with Crippen molar-refractivity contribution in [2.45, 2.75) is 37.2 Å². The summed E-state index contributed by atoms with van der Waals surface area (Å²) in [6.45, 7) is 5.47. The van der Waals surface area contributed by atoms with Crippen molar-refractivity contribution in [1.82, 2.24) is 0 Å². The Morgan fingerprint density at radius 2 is 2.10 bits per heavy atom. The smallest absolute Gasteiger partial charge is 0.173 e. The zero-order valence-electron chi connectivity index (χ0n) is 12.5. The molecule has 0 unspecified atom stereocenters.